The van der Waals surface area contributed by atoms with E-state index < -0.39 is 42.5 Å². The minimum absolute atomic E-state index is 0.0405. The van der Waals surface area contributed by atoms with Crippen LogP contribution in [0.3, 0.4) is 0 Å². The van der Waals surface area contributed by atoms with Gasteiger partial charge in [0, 0.05) is 10.9 Å². The summed E-state index contributed by atoms with van der Waals surface area (Å²) in [6.45, 7) is 0. The molecule has 3 atom stereocenters. The summed E-state index contributed by atoms with van der Waals surface area (Å²) >= 11 is 5.88. The number of halogens is 8. The van der Waals surface area contributed by atoms with Crippen LogP contribution in [0.5, 0.6) is 0 Å². The molecule has 0 heterocycles. The van der Waals surface area contributed by atoms with Gasteiger partial charge in [0.15, 0.2) is 5.78 Å². The highest BCUT2D eigenvalue weighted by Crippen LogP contribution is 2.38. The third kappa shape index (κ3) is 6.51. The molecule has 0 amide bonds. The molecule has 10 heteroatoms. The summed E-state index contributed by atoms with van der Waals surface area (Å²) < 4.78 is 73.1. The summed E-state index contributed by atoms with van der Waals surface area (Å²) in [5.41, 5.74) is 0. The first-order valence-electron chi connectivity index (χ1n) is 6.88. The van der Waals surface area contributed by atoms with Gasteiger partial charge in [0.05, 0.1) is 22.4 Å². The minimum atomic E-state index is -4.25. The molecule has 2 aliphatic rings. The summed E-state index contributed by atoms with van der Waals surface area (Å²) in [6, 6.07) is 0. The van der Waals surface area contributed by atoms with Crippen LogP contribution in [0.4, 0.5) is 26.3 Å². The Kier molecular flexibility index (Phi) is 7.55. The van der Waals surface area contributed by atoms with E-state index in [4.69, 9.17) is 5.11 Å². The van der Waals surface area contributed by atoms with E-state index in [0.717, 1.165) is 0 Å². The van der Waals surface area contributed by atoms with Crippen LogP contribution in [0.25, 0.3) is 0 Å². The van der Waals surface area contributed by atoms with Crippen molar-refractivity contribution in [3.8, 4) is 0 Å². The molecule has 0 spiro atoms. The van der Waals surface area contributed by atoms with E-state index in [1.807, 2.05) is 0 Å². The van der Waals surface area contributed by atoms with Crippen molar-refractivity contribution in [2.75, 3.05) is 0 Å². The number of alkyl halides is 6. The van der Waals surface area contributed by atoms with Crippen LogP contribution in [-0.2, 0) is 4.79 Å². The first kappa shape index (κ1) is 21.7. The van der Waals surface area contributed by atoms with Crippen molar-refractivity contribution in [3.05, 3.63) is 21.1 Å². The lowest BCUT2D eigenvalue weighted by molar-refractivity contribution is -0.181. The van der Waals surface area contributed by atoms with Gasteiger partial charge in [-0.1, -0.05) is 28.1 Å². The van der Waals surface area contributed by atoms with Crippen LogP contribution >= 0.6 is 31.9 Å². The van der Waals surface area contributed by atoms with Crippen molar-refractivity contribution < 1.29 is 36.2 Å². The Balaban J connectivity index is 0.000000240. The van der Waals surface area contributed by atoms with Crippen LogP contribution in [-0.4, -0.2) is 29.3 Å². The summed E-state index contributed by atoms with van der Waals surface area (Å²) in [5.74, 6) is -3.36. The maximum Gasteiger partial charge on any atom is 0.392 e. The first-order valence-corrected chi connectivity index (χ1v) is 8.46. The summed E-state index contributed by atoms with van der Waals surface area (Å²) in [5, 5.41) is 9.10. The zero-order valence-electron chi connectivity index (χ0n) is 12.1. The number of Topliss-reactive ketones (excluding diaryl/α,β-unsaturated/α-hetero) is 1. The average molecular weight is 488 g/mol. The number of carbonyl (C=O) groups excluding carboxylic acids is 1. The van der Waals surface area contributed by atoms with Crippen molar-refractivity contribution >= 4 is 37.6 Å². The molecule has 0 aromatic heterocycles. The van der Waals surface area contributed by atoms with Crippen molar-refractivity contribution in [3.63, 3.8) is 0 Å². The number of allylic oxidation sites excluding steroid dienone is 3. The highest BCUT2D eigenvalue weighted by atomic mass is 79.9. The van der Waals surface area contributed by atoms with Gasteiger partial charge in [-0.15, -0.1) is 0 Å². The second-order valence-electron chi connectivity index (χ2n) is 5.47. The van der Waals surface area contributed by atoms with Crippen LogP contribution in [0.15, 0.2) is 21.1 Å². The fourth-order valence-electron chi connectivity index (χ4n) is 2.15. The van der Waals surface area contributed by atoms with E-state index in [0.29, 0.717) is 4.48 Å². The van der Waals surface area contributed by atoms with E-state index in [1.165, 1.54) is 12.2 Å². The molecule has 1 unspecified atom stereocenters. The zero-order valence-corrected chi connectivity index (χ0v) is 15.3. The number of aliphatic hydroxyl groups excluding tert-OH is 1. The molecule has 1 N–H and O–H groups in total. The Morgan fingerprint density at radius 2 is 1.46 bits per heavy atom. The Hall–Kier alpha value is -0.350. The lowest BCUT2D eigenvalue weighted by atomic mass is 9.92. The smallest absolute Gasteiger partial charge is 0.388 e. The molecule has 0 aromatic carbocycles. The quantitative estimate of drug-likeness (QED) is 0.464. The number of carbonyl (C=O) groups is 1. The molecular formula is C14H14Br2F6O2. The lowest BCUT2D eigenvalue weighted by Gasteiger charge is -2.25. The van der Waals surface area contributed by atoms with Gasteiger partial charge in [-0.3, -0.25) is 4.79 Å². The SMILES string of the molecule is O=C1CC(C(F)(F)F)CC=C1Br.O[C@@H]1C[C@H](C(F)(F)F)CC=C1Br. The monoisotopic (exact) mass is 486 g/mol. The van der Waals surface area contributed by atoms with E-state index >= 15 is 0 Å². The topological polar surface area (TPSA) is 37.3 Å². The zero-order chi connectivity index (χ0) is 18.7. The predicted molar refractivity (Wildman–Crippen MR) is 82.6 cm³/mol. The van der Waals surface area contributed by atoms with Gasteiger partial charge in [-0.05, 0) is 35.2 Å². The maximum absolute atomic E-state index is 12.1. The molecule has 138 valence electrons. The van der Waals surface area contributed by atoms with E-state index in [2.05, 4.69) is 31.9 Å². The van der Waals surface area contributed by atoms with Gasteiger partial charge in [0.2, 0.25) is 0 Å². The van der Waals surface area contributed by atoms with Gasteiger partial charge < -0.3 is 5.11 Å². The Morgan fingerprint density at radius 3 is 1.88 bits per heavy atom. The van der Waals surface area contributed by atoms with Gasteiger partial charge in [-0.25, -0.2) is 0 Å². The second kappa shape index (κ2) is 8.35. The molecule has 0 aromatic rings. The van der Waals surface area contributed by atoms with Crippen LogP contribution in [0.2, 0.25) is 0 Å². The molecule has 0 radical (unpaired) electrons. The molecule has 0 saturated carbocycles. The molecule has 0 saturated heterocycles. The second-order valence-corrected chi connectivity index (χ2v) is 7.24. The normalized spacial score (nSPS) is 28.5. The fourth-order valence-corrected chi connectivity index (χ4v) is 2.87. The molecule has 0 fully saturated rings. The Bertz CT molecular complexity index is 524. The molecule has 2 aliphatic carbocycles. The number of ketones is 1. The average Bonchev–Trinajstić information content (AvgIpc) is 2.43. The van der Waals surface area contributed by atoms with Crippen molar-refractivity contribution in [2.24, 2.45) is 11.8 Å². The number of hydrogen-bond donors (Lipinski definition) is 1. The molecule has 0 aliphatic heterocycles. The van der Waals surface area contributed by atoms with Crippen molar-refractivity contribution in [1.29, 1.82) is 0 Å². The maximum atomic E-state index is 12.1. The van der Waals surface area contributed by atoms with E-state index in [-0.39, 0.29) is 23.7 Å². The minimum Gasteiger partial charge on any atom is -0.388 e. The summed E-state index contributed by atoms with van der Waals surface area (Å²) in [4.78, 5) is 10.8. The summed E-state index contributed by atoms with van der Waals surface area (Å²) in [6.07, 6.45) is -7.58. The van der Waals surface area contributed by atoms with Crippen molar-refractivity contribution in [2.45, 2.75) is 44.1 Å². The van der Waals surface area contributed by atoms with Gasteiger partial charge in [0.25, 0.3) is 0 Å². The number of aliphatic hydroxyl groups is 1. The molecule has 0 bridgehead atoms. The van der Waals surface area contributed by atoms with Crippen LogP contribution < -0.4 is 0 Å². The molecular weight excluding hydrogens is 474 g/mol. The van der Waals surface area contributed by atoms with Crippen LogP contribution in [0.1, 0.15) is 25.7 Å². The standard InChI is InChI=1S/C7H8BrF3O.C7H6BrF3O/c2*8-5-2-1-4(3-6(5)12)7(9,10)11/h2,4,6,12H,1,3H2;2,4H,1,3H2/t4-,6-;/m1./s1. The Labute approximate surface area is 151 Å². The van der Waals surface area contributed by atoms with Gasteiger partial charge in [0.1, 0.15) is 0 Å². The number of hydrogen-bond acceptors (Lipinski definition) is 2. The molecule has 24 heavy (non-hydrogen) atoms. The van der Waals surface area contributed by atoms with E-state index in [1.54, 1.807) is 0 Å². The largest absolute Gasteiger partial charge is 0.392 e. The Morgan fingerprint density at radius 1 is 0.958 bits per heavy atom. The van der Waals surface area contributed by atoms with Crippen molar-refractivity contribution in [1.82, 2.24) is 0 Å². The van der Waals surface area contributed by atoms with Gasteiger partial charge >= 0.3 is 12.4 Å². The molecule has 2 rings (SSSR count). The van der Waals surface area contributed by atoms with Crippen LogP contribution in [0, 0.1) is 11.8 Å². The predicted octanol–water partition coefficient (Wildman–Crippen LogP) is 5.41. The summed E-state index contributed by atoms with van der Waals surface area (Å²) in [7, 11) is 0. The highest BCUT2D eigenvalue weighted by Gasteiger charge is 2.42. The fraction of sp³-hybridized carbons (Fsp3) is 0.643. The first-order chi connectivity index (χ1) is 10.8. The van der Waals surface area contributed by atoms with Gasteiger partial charge in [-0.2, -0.15) is 26.3 Å². The lowest BCUT2D eigenvalue weighted by Crippen LogP contribution is -2.29. The highest BCUT2D eigenvalue weighted by molar-refractivity contribution is 9.12. The third-order valence-corrected chi connectivity index (χ3v) is 5.25. The molecule has 2 nitrogen and oxygen atoms in total. The third-order valence-electron chi connectivity index (χ3n) is 3.63. The number of rotatable bonds is 0. The van der Waals surface area contributed by atoms with E-state index in [9.17, 15) is 31.1 Å².